The van der Waals surface area contributed by atoms with Crippen LogP contribution in [-0.2, 0) is 9.59 Å². The van der Waals surface area contributed by atoms with Gasteiger partial charge in [-0.05, 0) is 5.41 Å². The SMILES string of the molecule is CC(C)(C)C(Br)CN1CC(=O)NCC1=O. The minimum absolute atomic E-state index is 0.0108. The van der Waals surface area contributed by atoms with Crippen LogP contribution in [0, 0.1) is 5.41 Å². The lowest BCUT2D eigenvalue weighted by molar-refractivity contribution is -0.140. The fraction of sp³-hybridized carbons (Fsp3) is 0.800. The summed E-state index contributed by atoms with van der Waals surface area (Å²) < 4.78 is 0. The van der Waals surface area contributed by atoms with E-state index in [1.54, 1.807) is 4.90 Å². The zero-order chi connectivity index (χ0) is 11.6. The Morgan fingerprint density at radius 1 is 1.47 bits per heavy atom. The molecule has 1 fully saturated rings. The number of nitrogens with zero attached hydrogens (tertiary/aromatic N) is 1. The highest BCUT2D eigenvalue weighted by Crippen LogP contribution is 2.26. The van der Waals surface area contributed by atoms with Gasteiger partial charge in [0, 0.05) is 11.4 Å². The summed E-state index contributed by atoms with van der Waals surface area (Å²) in [4.78, 5) is 24.4. The first kappa shape index (κ1) is 12.5. The Morgan fingerprint density at radius 3 is 2.60 bits per heavy atom. The number of nitrogens with one attached hydrogen (secondary N) is 1. The molecule has 1 unspecified atom stereocenters. The van der Waals surface area contributed by atoms with Gasteiger partial charge in [-0.2, -0.15) is 0 Å². The molecule has 1 rings (SSSR count). The molecule has 0 bridgehead atoms. The molecule has 0 aromatic heterocycles. The number of hydrogen-bond donors (Lipinski definition) is 1. The van der Waals surface area contributed by atoms with Gasteiger partial charge in [-0.15, -0.1) is 0 Å². The van der Waals surface area contributed by atoms with Crippen molar-refractivity contribution in [3.05, 3.63) is 0 Å². The molecule has 1 atom stereocenters. The highest BCUT2D eigenvalue weighted by atomic mass is 79.9. The van der Waals surface area contributed by atoms with Gasteiger partial charge in [-0.1, -0.05) is 36.7 Å². The summed E-state index contributed by atoms with van der Waals surface area (Å²) >= 11 is 3.56. The molecule has 1 aliphatic rings. The van der Waals surface area contributed by atoms with Crippen molar-refractivity contribution < 1.29 is 9.59 Å². The summed E-state index contributed by atoms with van der Waals surface area (Å²) in [5.74, 6) is -0.0912. The number of hydrogen-bond acceptors (Lipinski definition) is 2. The Balaban J connectivity index is 2.56. The Kier molecular flexibility index (Phi) is 3.76. The second kappa shape index (κ2) is 4.51. The van der Waals surface area contributed by atoms with Crippen LogP contribution in [-0.4, -0.2) is 41.2 Å². The molecule has 0 aromatic carbocycles. The predicted octanol–water partition coefficient (Wildman–Crippen LogP) is 0.754. The van der Waals surface area contributed by atoms with Crippen LogP contribution in [0.5, 0.6) is 0 Å². The van der Waals surface area contributed by atoms with Crippen LogP contribution in [0.1, 0.15) is 20.8 Å². The lowest BCUT2D eigenvalue weighted by atomic mass is 9.92. The maximum atomic E-state index is 11.5. The molecule has 0 saturated carbocycles. The van der Waals surface area contributed by atoms with E-state index in [-0.39, 0.29) is 35.1 Å². The molecule has 5 heteroatoms. The van der Waals surface area contributed by atoms with E-state index >= 15 is 0 Å². The number of alkyl halides is 1. The third-order valence-corrected chi connectivity index (χ3v) is 4.11. The average Bonchev–Trinajstić information content (AvgIpc) is 2.09. The Labute approximate surface area is 98.5 Å². The number of piperazine rings is 1. The Morgan fingerprint density at radius 2 is 2.07 bits per heavy atom. The first-order valence-corrected chi connectivity index (χ1v) is 5.91. The van der Waals surface area contributed by atoms with Crippen molar-refractivity contribution in [3.8, 4) is 0 Å². The Hall–Kier alpha value is -0.580. The summed E-state index contributed by atoms with van der Waals surface area (Å²) in [6.07, 6.45) is 0. The van der Waals surface area contributed by atoms with Crippen molar-refractivity contribution >= 4 is 27.7 Å². The lowest BCUT2D eigenvalue weighted by Gasteiger charge is -2.33. The fourth-order valence-electron chi connectivity index (χ4n) is 1.24. The standard InChI is InChI=1S/C10H17BrN2O2/c1-10(2,3)7(11)5-13-6-8(14)12-4-9(13)15/h7H,4-6H2,1-3H3,(H,12,14). The first-order valence-electron chi connectivity index (χ1n) is 4.99. The highest BCUT2D eigenvalue weighted by molar-refractivity contribution is 9.09. The third-order valence-electron chi connectivity index (χ3n) is 2.44. The van der Waals surface area contributed by atoms with Crippen LogP contribution < -0.4 is 5.32 Å². The normalized spacial score (nSPS) is 20.1. The van der Waals surface area contributed by atoms with Gasteiger partial charge in [-0.3, -0.25) is 9.59 Å². The lowest BCUT2D eigenvalue weighted by Crippen LogP contribution is -2.53. The van der Waals surface area contributed by atoms with Gasteiger partial charge in [-0.25, -0.2) is 0 Å². The maximum absolute atomic E-state index is 11.5. The molecule has 1 heterocycles. The number of halogens is 1. The first-order chi connectivity index (χ1) is 6.80. The van der Waals surface area contributed by atoms with E-state index in [2.05, 4.69) is 42.0 Å². The molecular weight excluding hydrogens is 260 g/mol. The second-order valence-electron chi connectivity index (χ2n) is 4.88. The summed E-state index contributed by atoms with van der Waals surface area (Å²) in [5, 5.41) is 2.53. The zero-order valence-corrected chi connectivity index (χ0v) is 10.9. The molecule has 1 saturated heterocycles. The summed E-state index contributed by atoms with van der Waals surface area (Å²) in [6, 6.07) is 0. The van der Waals surface area contributed by atoms with Gasteiger partial charge in [0.05, 0.1) is 13.1 Å². The van der Waals surface area contributed by atoms with Crippen LogP contribution in [0.15, 0.2) is 0 Å². The highest BCUT2D eigenvalue weighted by Gasteiger charge is 2.29. The van der Waals surface area contributed by atoms with Crippen molar-refractivity contribution in [1.82, 2.24) is 10.2 Å². The van der Waals surface area contributed by atoms with Gasteiger partial charge in [0.25, 0.3) is 0 Å². The molecule has 86 valence electrons. The van der Waals surface area contributed by atoms with Crippen molar-refractivity contribution in [3.63, 3.8) is 0 Å². The minimum Gasteiger partial charge on any atom is -0.345 e. The molecule has 0 spiro atoms. The van der Waals surface area contributed by atoms with Crippen LogP contribution in [0.4, 0.5) is 0 Å². The molecular formula is C10H17BrN2O2. The maximum Gasteiger partial charge on any atom is 0.242 e. The largest absolute Gasteiger partial charge is 0.345 e. The van der Waals surface area contributed by atoms with E-state index in [1.807, 2.05) is 0 Å². The van der Waals surface area contributed by atoms with E-state index in [4.69, 9.17) is 0 Å². The topological polar surface area (TPSA) is 49.4 Å². The smallest absolute Gasteiger partial charge is 0.242 e. The van der Waals surface area contributed by atoms with Crippen molar-refractivity contribution in [2.75, 3.05) is 19.6 Å². The number of rotatable bonds is 2. The zero-order valence-electron chi connectivity index (χ0n) is 9.34. The van der Waals surface area contributed by atoms with E-state index < -0.39 is 0 Å². The Bertz CT molecular complexity index is 273. The second-order valence-corrected chi connectivity index (χ2v) is 5.99. The van der Waals surface area contributed by atoms with Crippen LogP contribution in [0.3, 0.4) is 0 Å². The summed E-state index contributed by atoms with van der Waals surface area (Å²) in [7, 11) is 0. The minimum atomic E-state index is -0.0804. The van der Waals surface area contributed by atoms with Gasteiger partial charge in [0.1, 0.15) is 0 Å². The van der Waals surface area contributed by atoms with Crippen LogP contribution >= 0.6 is 15.9 Å². The molecule has 0 aliphatic carbocycles. The van der Waals surface area contributed by atoms with Crippen LogP contribution in [0.25, 0.3) is 0 Å². The summed E-state index contributed by atoms with van der Waals surface area (Å²) in [5.41, 5.74) is 0.0776. The van der Waals surface area contributed by atoms with E-state index in [9.17, 15) is 9.59 Å². The number of carbonyl (C=O) groups is 2. The average molecular weight is 277 g/mol. The van der Waals surface area contributed by atoms with Gasteiger partial charge < -0.3 is 10.2 Å². The van der Waals surface area contributed by atoms with Crippen molar-refractivity contribution in [2.24, 2.45) is 5.41 Å². The van der Waals surface area contributed by atoms with Crippen LogP contribution in [0.2, 0.25) is 0 Å². The molecule has 2 amide bonds. The number of carbonyl (C=O) groups excluding carboxylic acids is 2. The van der Waals surface area contributed by atoms with E-state index in [0.717, 1.165) is 0 Å². The molecule has 0 aromatic rings. The fourth-order valence-corrected chi connectivity index (χ4v) is 1.59. The molecule has 15 heavy (non-hydrogen) atoms. The molecule has 4 nitrogen and oxygen atoms in total. The predicted molar refractivity (Wildman–Crippen MR) is 61.8 cm³/mol. The molecule has 1 aliphatic heterocycles. The van der Waals surface area contributed by atoms with Gasteiger partial charge in [0.15, 0.2) is 0 Å². The summed E-state index contributed by atoms with van der Waals surface area (Å²) in [6.45, 7) is 7.18. The van der Waals surface area contributed by atoms with Crippen molar-refractivity contribution in [2.45, 2.75) is 25.6 Å². The monoisotopic (exact) mass is 276 g/mol. The quantitative estimate of drug-likeness (QED) is 0.757. The van der Waals surface area contributed by atoms with E-state index in [0.29, 0.717) is 6.54 Å². The van der Waals surface area contributed by atoms with Gasteiger partial charge in [0.2, 0.25) is 11.8 Å². The van der Waals surface area contributed by atoms with E-state index in [1.165, 1.54) is 0 Å². The van der Waals surface area contributed by atoms with Crippen molar-refractivity contribution in [1.29, 1.82) is 0 Å². The molecule has 1 N–H and O–H groups in total. The van der Waals surface area contributed by atoms with Gasteiger partial charge >= 0.3 is 0 Å². The number of amides is 2. The third kappa shape index (κ3) is 3.48. The molecule has 0 radical (unpaired) electrons.